The highest BCUT2D eigenvalue weighted by molar-refractivity contribution is 9.10. The van der Waals surface area contributed by atoms with Crippen molar-refractivity contribution >= 4 is 27.5 Å². The molecule has 0 saturated heterocycles. The molecule has 4 nitrogen and oxygen atoms in total. The molecule has 0 bridgehead atoms. The first-order valence-corrected chi connectivity index (χ1v) is 7.73. The number of amides is 1. The molecule has 1 aromatic rings. The first-order chi connectivity index (χ1) is 9.43. The van der Waals surface area contributed by atoms with Gasteiger partial charge in [0.2, 0.25) is 5.91 Å². The molecule has 2 N–H and O–H groups in total. The fraction of sp³-hybridized carbons (Fsp3) is 0.533. The third-order valence-electron chi connectivity index (χ3n) is 2.91. The van der Waals surface area contributed by atoms with Crippen LogP contribution in [0.15, 0.2) is 22.7 Å². The number of benzene rings is 1. The van der Waals surface area contributed by atoms with Crippen LogP contribution in [0.1, 0.15) is 26.3 Å². The monoisotopic (exact) mass is 341 g/mol. The Hall–Kier alpha value is -1.07. The smallest absolute Gasteiger partial charge is 0.239 e. The van der Waals surface area contributed by atoms with E-state index in [1.165, 1.54) is 5.56 Å². The number of nitrogens with zero attached hydrogens (tertiary/aromatic N) is 1. The fourth-order valence-corrected chi connectivity index (χ4v) is 2.34. The summed E-state index contributed by atoms with van der Waals surface area (Å²) in [4.78, 5) is 13.7. The van der Waals surface area contributed by atoms with Crippen LogP contribution < -0.4 is 15.5 Å². The molecule has 0 heterocycles. The number of hydrogen-bond donors (Lipinski definition) is 2. The van der Waals surface area contributed by atoms with Gasteiger partial charge in [-0.2, -0.15) is 0 Å². The standard InChI is InChI=1S/C15H24BrN3O/c1-5-17-15(20)10-19(4)14-7-6-13(16)8-12(14)9-18-11(2)3/h6-8,11,18H,5,9-10H2,1-4H3,(H,17,20). The molecule has 1 amide bonds. The molecule has 0 aliphatic heterocycles. The van der Waals surface area contributed by atoms with E-state index in [1.807, 2.05) is 31.0 Å². The molecule has 20 heavy (non-hydrogen) atoms. The van der Waals surface area contributed by atoms with E-state index in [0.29, 0.717) is 19.1 Å². The van der Waals surface area contributed by atoms with Gasteiger partial charge < -0.3 is 15.5 Å². The Bertz CT molecular complexity index is 449. The largest absolute Gasteiger partial charge is 0.365 e. The van der Waals surface area contributed by atoms with Crippen molar-refractivity contribution in [3.05, 3.63) is 28.2 Å². The first kappa shape index (κ1) is 17.0. The predicted molar refractivity (Wildman–Crippen MR) is 88.1 cm³/mol. The van der Waals surface area contributed by atoms with Crippen LogP contribution in [0.5, 0.6) is 0 Å². The van der Waals surface area contributed by atoms with Crippen LogP contribution in [0.25, 0.3) is 0 Å². The van der Waals surface area contributed by atoms with Gasteiger partial charge in [-0.1, -0.05) is 29.8 Å². The van der Waals surface area contributed by atoms with E-state index in [2.05, 4.69) is 46.5 Å². The van der Waals surface area contributed by atoms with Crippen LogP contribution in [0.3, 0.4) is 0 Å². The minimum atomic E-state index is 0.0423. The summed E-state index contributed by atoms with van der Waals surface area (Å²) < 4.78 is 1.05. The summed E-state index contributed by atoms with van der Waals surface area (Å²) in [5.41, 5.74) is 2.26. The van der Waals surface area contributed by atoms with Crippen LogP contribution >= 0.6 is 15.9 Å². The Morgan fingerprint density at radius 1 is 1.40 bits per heavy atom. The van der Waals surface area contributed by atoms with E-state index in [9.17, 15) is 4.79 Å². The van der Waals surface area contributed by atoms with Crippen LogP contribution in [-0.4, -0.2) is 32.1 Å². The van der Waals surface area contributed by atoms with Crippen molar-refractivity contribution in [2.24, 2.45) is 0 Å². The molecule has 0 fully saturated rings. The molecule has 1 aromatic carbocycles. The summed E-state index contributed by atoms with van der Waals surface area (Å²) in [5, 5.41) is 6.24. The van der Waals surface area contributed by atoms with Gasteiger partial charge in [0.1, 0.15) is 0 Å². The zero-order valence-electron chi connectivity index (χ0n) is 12.7. The summed E-state index contributed by atoms with van der Waals surface area (Å²) in [6.07, 6.45) is 0. The Morgan fingerprint density at radius 2 is 2.10 bits per heavy atom. The van der Waals surface area contributed by atoms with Gasteiger partial charge in [0.05, 0.1) is 6.54 Å². The van der Waals surface area contributed by atoms with Gasteiger partial charge in [-0.25, -0.2) is 0 Å². The average Bonchev–Trinajstić information content (AvgIpc) is 2.36. The number of anilines is 1. The third kappa shape index (κ3) is 5.51. The second-order valence-electron chi connectivity index (χ2n) is 5.12. The number of hydrogen-bond acceptors (Lipinski definition) is 3. The van der Waals surface area contributed by atoms with Gasteiger partial charge >= 0.3 is 0 Å². The first-order valence-electron chi connectivity index (χ1n) is 6.93. The van der Waals surface area contributed by atoms with E-state index in [0.717, 1.165) is 16.7 Å². The fourth-order valence-electron chi connectivity index (χ4n) is 1.94. The molecule has 1 rings (SSSR count). The van der Waals surface area contributed by atoms with Crippen molar-refractivity contribution in [3.63, 3.8) is 0 Å². The van der Waals surface area contributed by atoms with Crippen LogP contribution in [0.2, 0.25) is 0 Å². The highest BCUT2D eigenvalue weighted by atomic mass is 79.9. The van der Waals surface area contributed by atoms with Crippen LogP contribution in [0.4, 0.5) is 5.69 Å². The second-order valence-corrected chi connectivity index (χ2v) is 6.03. The summed E-state index contributed by atoms with van der Waals surface area (Å²) in [7, 11) is 1.94. The lowest BCUT2D eigenvalue weighted by Crippen LogP contribution is -2.35. The van der Waals surface area contributed by atoms with E-state index in [1.54, 1.807) is 0 Å². The third-order valence-corrected chi connectivity index (χ3v) is 3.40. The number of halogens is 1. The molecule has 0 radical (unpaired) electrons. The number of carbonyl (C=O) groups is 1. The summed E-state index contributed by atoms with van der Waals surface area (Å²) in [5.74, 6) is 0.0423. The minimum Gasteiger partial charge on any atom is -0.365 e. The highest BCUT2D eigenvalue weighted by Crippen LogP contribution is 2.24. The Labute approximate surface area is 130 Å². The van der Waals surface area contributed by atoms with Crippen molar-refractivity contribution in [1.82, 2.24) is 10.6 Å². The number of carbonyl (C=O) groups excluding carboxylic acids is 1. The maximum Gasteiger partial charge on any atom is 0.239 e. The van der Waals surface area contributed by atoms with E-state index >= 15 is 0 Å². The van der Waals surface area contributed by atoms with Gasteiger partial charge in [-0.05, 0) is 30.7 Å². The van der Waals surface area contributed by atoms with Gasteiger partial charge in [0.15, 0.2) is 0 Å². The zero-order chi connectivity index (χ0) is 15.1. The molecule has 0 saturated carbocycles. The molecular formula is C15H24BrN3O. The maximum absolute atomic E-state index is 11.7. The highest BCUT2D eigenvalue weighted by Gasteiger charge is 2.11. The van der Waals surface area contributed by atoms with Crippen LogP contribution in [0, 0.1) is 0 Å². The van der Waals surface area contributed by atoms with E-state index in [4.69, 9.17) is 0 Å². The molecule has 0 atom stereocenters. The summed E-state index contributed by atoms with van der Waals surface area (Å²) in [6, 6.07) is 6.57. The minimum absolute atomic E-state index is 0.0423. The summed E-state index contributed by atoms with van der Waals surface area (Å²) >= 11 is 3.50. The molecule has 5 heteroatoms. The molecule has 0 spiro atoms. The molecule has 0 aliphatic carbocycles. The number of nitrogens with one attached hydrogen (secondary N) is 2. The van der Waals surface area contributed by atoms with Crippen molar-refractivity contribution in [2.75, 3.05) is 25.0 Å². The topological polar surface area (TPSA) is 44.4 Å². The van der Waals surface area contributed by atoms with Gasteiger partial charge in [0.25, 0.3) is 0 Å². The molecule has 112 valence electrons. The number of likely N-dealkylation sites (N-methyl/N-ethyl adjacent to an activating group) is 2. The lowest BCUT2D eigenvalue weighted by molar-refractivity contribution is -0.119. The van der Waals surface area contributed by atoms with Gasteiger partial charge in [-0.15, -0.1) is 0 Å². The van der Waals surface area contributed by atoms with Crippen LogP contribution in [-0.2, 0) is 11.3 Å². The Balaban J connectivity index is 2.83. The second kappa shape index (κ2) is 8.27. The zero-order valence-corrected chi connectivity index (χ0v) is 14.3. The lowest BCUT2D eigenvalue weighted by Gasteiger charge is -2.23. The van der Waals surface area contributed by atoms with E-state index in [-0.39, 0.29) is 5.91 Å². The van der Waals surface area contributed by atoms with Crippen molar-refractivity contribution in [1.29, 1.82) is 0 Å². The Kier molecular flexibility index (Phi) is 7.02. The van der Waals surface area contributed by atoms with Crippen molar-refractivity contribution < 1.29 is 4.79 Å². The normalized spacial score (nSPS) is 10.7. The average molecular weight is 342 g/mol. The summed E-state index contributed by atoms with van der Waals surface area (Å²) in [6.45, 7) is 7.98. The van der Waals surface area contributed by atoms with E-state index < -0.39 is 0 Å². The van der Waals surface area contributed by atoms with Gasteiger partial charge in [0, 0.05) is 36.3 Å². The molecule has 0 unspecified atom stereocenters. The predicted octanol–water partition coefficient (Wildman–Crippen LogP) is 2.52. The Morgan fingerprint density at radius 3 is 2.70 bits per heavy atom. The molecular weight excluding hydrogens is 318 g/mol. The SMILES string of the molecule is CCNC(=O)CN(C)c1ccc(Br)cc1CNC(C)C. The van der Waals surface area contributed by atoms with Gasteiger partial charge in [-0.3, -0.25) is 4.79 Å². The van der Waals surface area contributed by atoms with Crippen molar-refractivity contribution in [2.45, 2.75) is 33.4 Å². The number of rotatable bonds is 7. The quantitative estimate of drug-likeness (QED) is 0.800. The molecule has 0 aromatic heterocycles. The maximum atomic E-state index is 11.7. The molecule has 0 aliphatic rings. The van der Waals surface area contributed by atoms with Crippen molar-refractivity contribution in [3.8, 4) is 0 Å². The lowest BCUT2D eigenvalue weighted by atomic mass is 10.1.